The largest absolute Gasteiger partial charge is 0.365 e. The minimum atomic E-state index is -2.76. The first-order valence-electron chi connectivity index (χ1n) is 11.8. The molecular formula is C24H31F2N7O2. The molecule has 11 heteroatoms. The quantitative estimate of drug-likeness (QED) is 0.570. The zero-order valence-corrected chi connectivity index (χ0v) is 19.9. The lowest BCUT2D eigenvalue weighted by atomic mass is 9.92. The first-order chi connectivity index (χ1) is 16.5. The van der Waals surface area contributed by atoms with Crippen molar-refractivity contribution in [3.8, 4) is 0 Å². The Balaban J connectivity index is 1.74. The summed E-state index contributed by atoms with van der Waals surface area (Å²) in [5.74, 6) is -2.85. The van der Waals surface area contributed by atoms with E-state index in [4.69, 9.17) is 11.5 Å². The molecule has 0 spiro atoms. The number of primary amides is 1. The van der Waals surface area contributed by atoms with E-state index in [2.05, 4.69) is 15.3 Å². The van der Waals surface area contributed by atoms with E-state index in [1.807, 2.05) is 18.7 Å². The number of alkyl halides is 2. The molecule has 2 aromatic rings. The summed E-state index contributed by atoms with van der Waals surface area (Å²) in [6.07, 6.45) is 5.64. The highest BCUT2D eigenvalue weighted by Gasteiger charge is 2.32. The van der Waals surface area contributed by atoms with E-state index in [1.165, 1.54) is 16.8 Å². The summed E-state index contributed by atoms with van der Waals surface area (Å²) in [4.78, 5) is 36.0. The van der Waals surface area contributed by atoms with Gasteiger partial charge in [-0.25, -0.2) is 13.8 Å². The smallest absolute Gasteiger partial charge is 0.258 e. The summed E-state index contributed by atoms with van der Waals surface area (Å²) in [6, 6.07) is 1.44. The van der Waals surface area contributed by atoms with Crippen molar-refractivity contribution in [2.45, 2.75) is 64.0 Å². The van der Waals surface area contributed by atoms with Crippen LogP contribution in [0.4, 0.5) is 26.2 Å². The van der Waals surface area contributed by atoms with E-state index in [1.54, 1.807) is 12.3 Å². The minimum Gasteiger partial charge on any atom is -0.365 e. The van der Waals surface area contributed by atoms with E-state index in [-0.39, 0.29) is 41.9 Å². The minimum absolute atomic E-state index is 0.00729. The van der Waals surface area contributed by atoms with Crippen molar-refractivity contribution < 1.29 is 13.6 Å². The van der Waals surface area contributed by atoms with Gasteiger partial charge in [-0.15, -0.1) is 0 Å². The summed E-state index contributed by atoms with van der Waals surface area (Å²) in [5.41, 5.74) is 12.9. The molecule has 0 bridgehead atoms. The number of carbonyl (C=O) groups is 1. The van der Waals surface area contributed by atoms with Gasteiger partial charge in [-0.1, -0.05) is 6.08 Å². The highest BCUT2D eigenvalue weighted by Crippen LogP contribution is 2.36. The van der Waals surface area contributed by atoms with E-state index in [0.717, 1.165) is 19.4 Å². The van der Waals surface area contributed by atoms with Crippen LogP contribution in [-0.2, 0) is 0 Å². The molecule has 4 rings (SSSR count). The van der Waals surface area contributed by atoms with Crippen LogP contribution in [0.3, 0.4) is 0 Å². The Hall–Kier alpha value is -3.34. The van der Waals surface area contributed by atoms with Crippen molar-refractivity contribution in [3.05, 3.63) is 46.0 Å². The average Bonchev–Trinajstić information content (AvgIpc) is 2.80. The van der Waals surface area contributed by atoms with Gasteiger partial charge in [0.1, 0.15) is 11.4 Å². The number of piperidine rings is 1. The van der Waals surface area contributed by atoms with Crippen LogP contribution in [0, 0.1) is 0 Å². The summed E-state index contributed by atoms with van der Waals surface area (Å²) in [6.45, 7) is 5.05. The molecule has 0 unspecified atom stereocenters. The number of halogens is 2. The second kappa shape index (κ2) is 9.73. The van der Waals surface area contributed by atoms with Gasteiger partial charge in [0, 0.05) is 56.0 Å². The predicted octanol–water partition coefficient (Wildman–Crippen LogP) is 3.19. The second-order valence-electron chi connectivity index (χ2n) is 9.51. The van der Waals surface area contributed by atoms with Crippen LogP contribution in [0.15, 0.2) is 29.3 Å². The zero-order valence-electron chi connectivity index (χ0n) is 19.9. The number of hydrogen-bond acceptors (Lipinski definition) is 7. The van der Waals surface area contributed by atoms with Gasteiger partial charge in [0.15, 0.2) is 0 Å². The number of pyridine rings is 1. The molecule has 1 aliphatic carbocycles. The van der Waals surface area contributed by atoms with Gasteiger partial charge in [0.05, 0.1) is 5.69 Å². The van der Waals surface area contributed by atoms with Crippen LogP contribution in [-0.4, -0.2) is 45.5 Å². The van der Waals surface area contributed by atoms with E-state index >= 15 is 0 Å². The Morgan fingerprint density at radius 2 is 2.11 bits per heavy atom. The SMILES string of the molecule is CC(C)n1cc(Nc2nc(N3CCC[C@H](N)C3)ncc2C(N)=O)cc(C2=CCC(F)(F)CC2)c1=O. The molecule has 1 atom stereocenters. The fourth-order valence-corrected chi connectivity index (χ4v) is 4.45. The van der Waals surface area contributed by atoms with Crippen LogP contribution in [0.2, 0.25) is 0 Å². The molecule has 1 amide bonds. The lowest BCUT2D eigenvalue weighted by Crippen LogP contribution is -2.43. The number of rotatable bonds is 6. The van der Waals surface area contributed by atoms with Crippen molar-refractivity contribution in [1.82, 2.24) is 14.5 Å². The standard InChI is InChI=1S/C24H31F2N7O2/c1-14(2)33-13-17(10-18(22(33)35)15-5-7-24(25,26)8-6-15)30-21-19(20(28)34)11-29-23(31-21)32-9-3-4-16(27)12-32/h5,10-11,13-14,16H,3-4,6-9,12,27H2,1-2H3,(H2,28,34)(H,29,30,31)/t16-/m0/s1. The van der Waals surface area contributed by atoms with Crippen LogP contribution in [0.1, 0.15) is 67.9 Å². The van der Waals surface area contributed by atoms with Crippen molar-refractivity contribution in [3.63, 3.8) is 0 Å². The third-order valence-corrected chi connectivity index (χ3v) is 6.40. The Morgan fingerprint density at radius 3 is 2.74 bits per heavy atom. The Bertz CT molecular complexity index is 1210. The number of nitrogens with zero attached hydrogens (tertiary/aromatic N) is 4. The molecule has 0 saturated carbocycles. The maximum absolute atomic E-state index is 13.7. The zero-order chi connectivity index (χ0) is 25.3. The second-order valence-corrected chi connectivity index (χ2v) is 9.51. The maximum Gasteiger partial charge on any atom is 0.258 e. The van der Waals surface area contributed by atoms with Crippen molar-refractivity contribution >= 4 is 28.9 Å². The van der Waals surface area contributed by atoms with Crippen LogP contribution < -0.4 is 27.2 Å². The molecule has 188 valence electrons. The van der Waals surface area contributed by atoms with E-state index < -0.39 is 18.3 Å². The molecule has 0 radical (unpaired) electrons. The molecule has 9 nitrogen and oxygen atoms in total. The highest BCUT2D eigenvalue weighted by atomic mass is 19.3. The fraction of sp³-hybridized carbons (Fsp3) is 0.500. The molecular weight excluding hydrogens is 456 g/mol. The first-order valence-corrected chi connectivity index (χ1v) is 11.8. The summed E-state index contributed by atoms with van der Waals surface area (Å²) < 4.78 is 28.9. The number of nitrogens with two attached hydrogens (primary N) is 2. The normalized spacial score (nSPS) is 20.0. The van der Waals surface area contributed by atoms with E-state index in [9.17, 15) is 18.4 Å². The molecule has 1 saturated heterocycles. The number of hydrogen-bond donors (Lipinski definition) is 3. The average molecular weight is 488 g/mol. The summed E-state index contributed by atoms with van der Waals surface area (Å²) in [7, 11) is 0. The third kappa shape index (κ3) is 5.50. The van der Waals surface area contributed by atoms with Gasteiger partial charge < -0.3 is 26.3 Å². The number of carbonyl (C=O) groups excluding carboxylic acids is 1. The molecule has 0 aromatic carbocycles. The molecule has 2 aromatic heterocycles. The number of anilines is 3. The molecule has 3 heterocycles. The number of nitrogens with one attached hydrogen (secondary N) is 1. The van der Waals surface area contributed by atoms with Gasteiger partial charge in [0.2, 0.25) is 5.95 Å². The van der Waals surface area contributed by atoms with Gasteiger partial charge in [0.25, 0.3) is 17.4 Å². The Kier molecular flexibility index (Phi) is 6.88. The number of amides is 1. The topological polar surface area (TPSA) is 132 Å². The number of aromatic nitrogens is 3. The Labute approximate surface area is 202 Å². The third-order valence-electron chi connectivity index (χ3n) is 6.40. The van der Waals surface area contributed by atoms with Crippen molar-refractivity contribution in [2.75, 3.05) is 23.3 Å². The molecule has 2 aliphatic rings. The number of allylic oxidation sites excluding steroid dienone is 2. The monoisotopic (exact) mass is 487 g/mol. The fourth-order valence-electron chi connectivity index (χ4n) is 4.45. The predicted molar refractivity (Wildman–Crippen MR) is 131 cm³/mol. The van der Waals surface area contributed by atoms with Crippen LogP contribution in [0.5, 0.6) is 0 Å². The van der Waals surface area contributed by atoms with Crippen LogP contribution in [0.25, 0.3) is 5.57 Å². The molecule has 5 N–H and O–H groups in total. The molecule has 1 fully saturated rings. The van der Waals surface area contributed by atoms with Gasteiger partial charge in [-0.05, 0) is 44.7 Å². The summed E-state index contributed by atoms with van der Waals surface area (Å²) in [5, 5.41) is 3.12. The lowest BCUT2D eigenvalue weighted by molar-refractivity contribution is -0.00604. The highest BCUT2D eigenvalue weighted by molar-refractivity contribution is 5.98. The van der Waals surface area contributed by atoms with Gasteiger partial charge in [-0.2, -0.15) is 4.98 Å². The Morgan fingerprint density at radius 1 is 1.34 bits per heavy atom. The van der Waals surface area contributed by atoms with Gasteiger partial charge in [-0.3, -0.25) is 9.59 Å². The molecule has 1 aliphatic heterocycles. The van der Waals surface area contributed by atoms with Crippen LogP contribution >= 0.6 is 0 Å². The van der Waals surface area contributed by atoms with Crippen molar-refractivity contribution in [2.24, 2.45) is 11.5 Å². The summed E-state index contributed by atoms with van der Waals surface area (Å²) >= 11 is 0. The molecule has 35 heavy (non-hydrogen) atoms. The van der Waals surface area contributed by atoms with Gasteiger partial charge >= 0.3 is 0 Å². The van der Waals surface area contributed by atoms with E-state index in [0.29, 0.717) is 29.3 Å². The van der Waals surface area contributed by atoms with Crippen molar-refractivity contribution in [1.29, 1.82) is 0 Å². The lowest BCUT2D eigenvalue weighted by Gasteiger charge is -2.31. The maximum atomic E-state index is 13.7. The first kappa shape index (κ1) is 24.8.